The van der Waals surface area contributed by atoms with Gasteiger partial charge in [0.1, 0.15) is 5.75 Å². The van der Waals surface area contributed by atoms with Crippen LogP contribution in [0.25, 0.3) is 0 Å². The Balaban J connectivity index is 1.48. The van der Waals surface area contributed by atoms with Crippen molar-refractivity contribution in [3.63, 3.8) is 0 Å². The number of para-hydroxylation sites is 1. The first-order valence-electron chi connectivity index (χ1n) is 11.1. The van der Waals surface area contributed by atoms with Gasteiger partial charge in [-0.05, 0) is 54.4 Å². The molecule has 0 fully saturated rings. The molecular formula is C27H25N5O2. The van der Waals surface area contributed by atoms with Crippen molar-refractivity contribution in [2.24, 2.45) is 0 Å². The van der Waals surface area contributed by atoms with Crippen molar-refractivity contribution < 1.29 is 9.53 Å². The second-order valence-corrected chi connectivity index (χ2v) is 8.12. The van der Waals surface area contributed by atoms with E-state index < -0.39 is 0 Å². The predicted octanol–water partition coefficient (Wildman–Crippen LogP) is 5.68. The van der Waals surface area contributed by atoms with Gasteiger partial charge in [0.05, 0.1) is 19.3 Å². The summed E-state index contributed by atoms with van der Waals surface area (Å²) in [6.07, 6.45) is 1.80. The van der Waals surface area contributed by atoms with E-state index >= 15 is 0 Å². The molecule has 0 spiro atoms. The molecular weight excluding hydrogens is 426 g/mol. The van der Waals surface area contributed by atoms with Crippen molar-refractivity contribution in [1.82, 2.24) is 9.97 Å². The summed E-state index contributed by atoms with van der Waals surface area (Å²) in [4.78, 5) is 26.4. The van der Waals surface area contributed by atoms with Crippen LogP contribution in [0.5, 0.6) is 5.75 Å². The van der Waals surface area contributed by atoms with Crippen LogP contribution in [0.2, 0.25) is 0 Å². The normalized spacial score (nSPS) is 12.9. The molecule has 1 aromatic heterocycles. The molecule has 7 heteroatoms. The molecule has 0 aliphatic carbocycles. The maximum atomic E-state index is 13.7. The number of urea groups is 1. The smallest absolute Gasteiger partial charge is 0.335 e. The zero-order valence-corrected chi connectivity index (χ0v) is 19.1. The van der Waals surface area contributed by atoms with Crippen LogP contribution < -0.4 is 19.9 Å². The first-order chi connectivity index (χ1) is 16.6. The number of ether oxygens (including phenoxy) is 1. The summed E-state index contributed by atoms with van der Waals surface area (Å²) in [6.45, 7) is 2.97. The first-order valence-corrected chi connectivity index (χ1v) is 11.1. The lowest BCUT2D eigenvalue weighted by atomic mass is 10.1. The average molecular weight is 452 g/mol. The number of amides is 2. The van der Waals surface area contributed by atoms with Crippen molar-refractivity contribution in [3.8, 4) is 5.75 Å². The molecule has 0 radical (unpaired) electrons. The lowest BCUT2D eigenvalue weighted by molar-refractivity contribution is 0.252. The van der Waals surface area contributed by atoms with Gasteiger partial charge in [-0.2, -0.15) is 4.98 Å². The maximum Gasteiger partial charge on any atom is 0.335 e. The fourth-order valence-corrected chi connectivity index (χ4v) is 3.97. The topological polar surface area (TPSA) is 70.6 Å². The van der Waals surface area contributed by atoms with Crippen LogP contribution in [0.1, 0.15) is 16.7 Å². The third kappa shape index (κ3) is 4.28. The summed E-state index contributed by atoms with van der Waals surface area (Å²) >= 11 is 0. The van der Waals surface area contributed by atoms with Gasteiger partial charge in [-0.3, -0.25) is 4.90 Å². The van der Waals surface area contributed by atoms with E-state index in [9.17, 15) is 4.79 Å². The quantitative estimate of drug-likeness (QED) is 0.408. The Bertz CT molecular complexity index is 1310. The third-order valence-corrected chi connectivity index (χ3v) is 5.74. The van der Waals surface area contributed by atoms with Crippen molar-refractivity contribution in [1.29, 1.82) is 0 Å². The number of carbonyl (C=O) groups excluding carboxylic acids is 1. The highest BCUT2D eigenvalue weighted by atomic mass is 16.5. The summed E-state index contributed by atoms with van der Waals surface area (Å²) in [7, 11) is 1.65. The van der Waals surface area contributed by atoms with E-state index in [-0.39, 0.29) is 6.03 Å². The number of methoxy groups -OCH3 is 1. The highest BCUT2D eigenvalue weighted by Crippen LogP contribution is 2.36. The second-order valence-electron chi connectivity index (χ2n) is 8.12. The first kappa shape index (κ1) is 21.5. The molecule has 1 N–H and O–H groups in total. The predicted molar refractivity (Wildman–Crippen MR) is 134 cm³/mol. The molecule has 1 aliphatic heterocycles. The Labute approximate surface area is 198 Å². The molecule has 0 atom stereocenters. The molecule has 1 aliphatic rings. The van der Waals surface area contributed by atoms with Crippen LogP contribution in [0, 0.1) is 6.92 Å². The fraction of sp³-hybridized carbons (Fsp3) is 0.148. The van der Waals surface area contributed by atoms with Gasteiger partial charge in [0, 0.05) is 24.0 Å². The molecule has 170 valence electrons. The van der Waals surface area contributed by atoms with Gasteiger partial charge in [-0.1, -0.05) is 42.5 Å². The molecule has 7 nitrogen and oxygen atoms in total. The van der Waals surface area contributed by atoms with Gasteiger partial charge in [0.25, 0.3) is 0 Å². The van der Waals surface area contributed by atoms with Gasteiger partial charge in [0.2, 0.25) is 5.95 Å². The summed E-state index contributed by atoms with van der Waals surface area (Å²) in [6, 6.07) is 25.2. The van der Waals surface area contributed by atoms with Crippen molar-refractivity contribution in [3.05, 3.63) is 102 Å². The number of hydrogen-bond acceptors (Lipinski definition) is 5. The van der Waals surface area contributed by atoms with Gasteiger partial charge in [-0.25, -0.2) is 14.7 Å². The largest absolute Gasteiger partial charge is 0.497 e. The Hall–Kier alpha value is -4.39. The number of hydrogen-bond donors (Lipinski definition) is 1. The van der Waals surface area contributed by atoms with E-state index in [4.69, 9.17) is 9.72 Å². The summed E-state index contributed by atoms with van der Waals surface area (Å²) in [5.74, 6) is 1.86. The van der Waals surface area contributed by atoms with E-state index in [0.717, 1.165) is 33.8 Å². The fourth-order valence-electron chi connectivity index (χ4n) is 3.97. The highest BCUT2D eigenvalue weighted by molar-refractivity contribution is 6.10. The van der Waals surface area contributed by atoms with E-state index in [1.807, 2.05) is 85.8 Å². The Morgan fingerprint density at radius 2 is 1.74 bits per heavy atom. The lowest BCUT2D eigenvalue weighted by Crippen LogP contribution is -2.45. The van der Waals surface area contributed by atoms with E-state index in [1.165, 1.54) is 0 Å². The molecule has 2 heterocycles. The van der Waals surface area contributed by atoms with Crippen molar-refractivity contribution in [2.45, 2.75) is 20.0 Å². The molecule has 5 rings (SSSR count). The minimum absolute atomic E-state index is 0.149. The van der Waals surface area contributed by atoms with Crippen LogP contribution in [-0.4, -0.2) is 23.1 Å². The molecule has 2 amide bonds. The number of aromatic nitrogens is 2. The SMILES string of the molecule is COc1ccc(CNc2ncc3c(n2)N(c2ccccc2)C(=O)N(c2cccc(C)c2)C3)cc1. The van der Waals surface area contributed by atoms with Gasteiger partial charge in [0.15, 0.2) is 5.82 Å². The standard InChI is InChI=1S/C27H25N5O2/c1-19-7-6-10-23(15-19)31-18-21-17-29-26(28-16-20-11-13-24(34-2)14-12-20)30-25(21)32(27(31)33)22-8-4-3-5-9-22/h3-15,17H,16,18H2,1-2H3,(H,28,29,30). The molecule has 4 aromatic rings. The van der Waals surface area contributed by atoms with Crippen molar-refractivity contribution in [2.75, 3.05) is 22.2 Å². The van der Waals surface area contributed by atoms with Gasteiger partial charge in [-0.15, -0.1) is 0 Å². The number of nitrogens with one attached hydrogen (secondary N) is 1. The number of nitrogens with zero attached hydrogens (tertiary/aromatic N) is 4. The third-order valence-electron chi connectivity index (χ3n) is 5.74. The number of rotatable bonds is 6. The van der Waals surface area contributed by atoms with Crippen LogP contribution in [-0.2, 0) is 13.1 Å². The van der Waals surface area contributed by atoms with Crippen LogP contribution in [0.3, 0.4) is 0 Å². The summed E-state index contributed by atoms with van der Waals surface area (Å²) < 4.78 is 5.22. The summed E-state index contributed by atoms with van der Waals surface area (Å²) in [5, 5.41) is 3.27. The number of anilines is 4. The minimum Gasteiger partial charge on any atom is -0.497 e. The molecule has 0 bridgehead atoms. The average Bonchev–Trinajstić information content (AvgIpc) is 2.88. The molecule has 0 saturated carbocycles. The Morgan fingerprint density at radius 1 is 0.971 bits per heavy atom. The number of benzene rings is 3. The molecule has 34 heavy (non-hydrogen) atoms. The molecule has 0 saturated heterocycles. The van der Waals surface area contributed by atoms with Gasteiger partial charge < -0.3 is 10.1 Å². The monoisotopic (exact) mass is 451 g/mol. The molecule has 3 aromatic carbocycles. The number of carbonyl (C=O) groups is 1. The number of fused-ring (bicyclic) bond motifs is 1. The minimum atomic E-state index is -0.149. The van der Waals surface area contributed by atoms with Gasteiger partial charge >= 0.3 is 6.03 Å². The van der Waals surface area contributed by atoms with E-state index in [2.05, 4.69) is 10.3 Å². The second kappa shape index (κ2) is 9.23. The summed E-state index contributed by atoms with van der Waals surface area (Å²) in [5.41, 5.74) is 4.64. The van der Waals surface area contributed by atoms with Crippen LogP contribution in [0.15, 0.2) is 85.1 Å². The highest BCUT2D eigenvalue weighted by Gasteiger charge is 2.34. The number of aryl methyl sites for hydroxylation is 1. The van der Waals surface area contributed by atoms with Crippen LogP contribution in [0.4, 0.5) is 27.9 Å². The van der Waals surface area contributed by atoms with E-state index in [0.29, 0.717) is 24.9 Å². The Kier molecular flexibility index (Phi) is 5.82. The Morgan fingerprint density at radius 3 is 2.47 bits per heavy atom. The van der Waals surface area contributed by atoms with E-state index in [1.54, 1.807) is 23.1 Å². The van der Waals surface area contributed by atoms with Crippen LogP contribution >= 0.6 is 0 Å². The van der Waals surface area contributed by atoms with Crippen molar-refractivity contribution >= 4 is 29.2 Å². The maximum absolute atomic E-state index is 13.7. The molecule has 0 unspecified atom stereocenters. The zero-order valence-electron chi connectivity index (χ0n) is 19.1. The lowest BCUT2D eigenvalue weighted by Gasteiger charge is -2.36. The zero-order chi connectivity index (χ0) is 23.5.